The van der Waals surface area contributed by atoms with Crippen LogP contribution >= 0.6 is 0 Å². The molecule has 1 atom stereocenters. The standard InChI is InChI=1S/C22H37NO3/c1-5-26-15-7-13-23-14-10-18(2)17-22(11-6-12-22)19-8-9-20(24-3)21(16-19)25-4/h8-9,16,18,23H,5-7,10-15,17H2,1-4H3. The molecule has 2 rings (SSSR count). The first-order valence-electron chi connectivity index (χ1n) is 10.2. The lowest BCUT2D eigenvalue weighted by molar-refractivity contribution is 0.144. The lowest BCUT2D eigenvalue weighted by Crippen LogP contribution is -2.36. The van der Waals surface area contributed by atoms with Crippen LogP contribution < -0.4 is 14.8 Å². The Balaban J connectivity index is 1.84. The minimum Gasteiger partial charge on any atom is -0.493 e. The van der Waals surface area contributed by atoms with E-state index in [-0.39, 0.29) is 0 Å². The van der Waals surface area contributed by atoms with Crippen LogP contribution in [0.25, 0.3) is 0 Å². The van der Waals surface area contributed by atoms with Crippen molar-refractivity contribution in [1.82, 2.24) is 5.32 Å². The van der Waals surface area contributed by atoms with Gasteiger partial charge in [0.15, 0.2) is 11.5 Å². The number of rotatable bonds is 13. The zero-order valence-corrected chi connectivity index (χ0v) is 17.1. The van der Waals surface area contributed by atoms with Crippen LogP contribution in [0.15, 0.2) is 18.2 Å². The molecule has 0 aromatic heterocycles. The van der Waals surface area contributed by atoms with Gasteiger partial charge in [0.25, 0.3) is 0 Å². The molecule has 0 radical (unpaired) electrons. The van der Waals surface area contributed by atoms with Gasteiger partial charge in [0.2, 0.25) is 0 Å². The van der Waals surface area contributed by atoms with E-state index in [1.807, 2.05) is 6.92 Å². The summed E-state index contributed by atoms with van der Waals surface area (Å²) in [5.74, 6) is 2.37. The average Bonchev–Trinajstić information content (AvgIpc) is 2.63. The summed E-state index contributed by atoms with van der Waals surface area (Å²) < 4.78 is 16.3. The number of ether oxygens (including phenoxy) is 3. The summed E-state index contributed by atoms with van der Waals surface area (Å²) >= 11 is 0. The normalized spacial score (nSPS) is 16.8. The third-order valence-electron chi connectivity index (χ3n) is 5.71. The Hall–Kier alpha value is -1.26. The van der Waals surface area contributed by atoms with Crippen LogP contribution in [0, 0.1) is 5.92 Å². The van der Waals surface area contributed by atoms with E-state index in [9.17, 15) is 0 Å². The van der Waals surface area contributed by atoms with Gasteiger partial charge in [-0.25, -0.2) is 0 Å². The van der Waals surface area contributed by atoms with Crippen molar-refractivity contribution in [2.24, 2.45) is 5.92 Å². The first-order valence-corrected chi connectivity index (χ1v) is 10.2. The van der Waals surface area contributed by atoms with Gasteiger partial charge in [-0.1, -0.05) is 19.4 Å². The Morgan fingerprint density at radius 1 is 1.12 bits per heavy atom. The Labute approximate surface area is 159 Å². The molecule has 1 aliphatic carbocycles. The third kappa shape index (κ3) is 5.62. The second-order valence-corrected chi connectivity index (χ2v) is 7.60. The minimum absolute atomic E-state index is 0.327. The van der Waals surface area contributed by atoms with Gasteiger partial charge in [-0.05, 0) is 81.1 Å². The van der Waals surface area contributed by atoms with E-state index < -0.39 is 0 Å². The van der Waals surface area contributed by atoms with Crippen molar-refractivity contribution >= 4 is 0 Å². The Kier molecular flexibility index (Phi) is 8.73. The predicted molar refractivity (Wildman–Crippen MR) is 107 cm³/mol. The number of hydrogen-bond acceptors (Lipinski definition) is 4. The van der Waals surface area contributed by atoms with Gasteiger partial charge in [-0.15, -0.1) is 0 Å². The zero-order valence-electron chi connectivity index (χ0n) is 17.1. The van der Waals surface area contributed by atoms with Crippen LogP contribution in [0.3, 0.4) is 0 Å². The average molecular weight is 364 g/mol. The highest BCUT2D eigenvalue weighted by atomic mass is 16.5. The Morgan fingerprint density at radius 3 is 2.50 bits per heavy atom. The van der Waals surface area contributed by atoms with Gasteiger partial charge >= 0.3 is 0 Å². The van der Waals surface area contributed by atoms with Gasteiger partial charge in [0.05, 0.1) is 14.2 Å². The Bertz CT molecular complexity index is 528. The summed E-state index contributed by atoms with van der Waals surface area (Å²) in [5, 5.41) is 3.55. The summed E-state index contributed by atoms with van der Waals surface area (Å²) in [6.45, 7) is 8.26. The van der Waals surface area contributed by atoms with Crippen LogP contribution in [0.5, 0.6) is 11.5 Å². The molecule has 1 unspecified atom stereocenters. The first-order chi connectivity index (χ1) is 12.6. The van der Waals surface area contributed by atoms with E-state index >= 15 is 0 Å². The molecule has 0 bridgehead atoms. The van der Waals surface area contributed by atoms with Crippen molar-refractivity contribution in [3.63, 3.8) is 0 Å². The molecule has 0 saturated heterocycles. The van der Waals surface area contributed by atoms with Crippen LogP contribution in [0.4, 0.5) is 0 Å². The van der Waals surface area contributed by atoms with E-state index in [1.165, 1.54) is 37.7 Å². The number of hydrogen-bond donors (Lipinski definition) is 1. The number of methoxy groups -OCH3 is 2. The van der Waals surface area contributed by atoms with E-state index in [4.69, 9.17) is 14.2 Å². The second kappa shape index (κ2) is 10.8. The molecule has 0 amide bonds. The van der Waals surface area contributed by atoms with Gasteiger partial charge < -0.3 is 19.5 Å². The zero-order chi connectivity index (χ0) is 18.8. The predicted octanol–water partition coefficient (Wildman–Crippen LogP) is 4.56. The molecule has 148 valence electrons. The third-order valence-corrected chi connectivity index (χ3v) is 5.71. The fourth-order valence-electron chi connectivity index (χ4n) is 4.07. The molecule has 1 aromatic rings. The van der Waals surface area contributed by atoms with E-state index in [0.717, 1.165) is 44.2 Å². The number of benzene rings is 1. The topological polar surface area (TPSA) is 39.7 Å². The number of nitrogens with one attached hydrogen (secondary N) is 1. The van der Waals surface area contributed by atoms with Crippen molar-refractivity contribution in [1.29, 1.82) is 0 Å². The molecule has 0 heterocycles. The summed E-state index contributed by atoms with van der Waals surface area (Å²) in [4.78, 5) is 0. The quantitative estimate of drug-likeness (QED) is 0.522. The van der Waals surface area contributed by atoms with Crippen molar-refractivity contribution in [2.75, 3.05) is 40.5 Å². The molecule has 4 heteroatoms. The van der Waals surface area contributed by atoms with E-state index in [1.54, 1.807) is 14.2 Å². The second-order valence-electron chi connectivity index (χ2n) is 7.60. The maximum absolute atomic E-state index is 5.52. The molecule has 4 nitrogen and oxygen atoms in total. The van der Waals surface area contributed by atoms with Crippen molar-refractivity contribution < 1.29 is 14.2 Å². The largest absolute Gasteiger partial charge is 0.493 e. The minimum atomic E-state index is 0.327. The molecule has 0 spiro atoms. The van der Waals surface area contributed by atoms with Crippen LogP contribution in [0.1, 0.15) is 57.9 Å². The Morgan fingerprint density at radius 2 is 1.88 bits per heavy atom. The highest BCUT2D eigenvalue weighted by Crippen LogP contribution is 2.50. The monoisotopic (exact) mass is 363 g/mol. The molecule has 1 fully saturated rings. The summed E-state index contributed by atoms with van der Waals surface area (Å²) in [6, 6.07) is 6.48. The van der Waals surface area contributed by atoms with Gasteiger partial charge in [-0.3, -0.25) is 0 Å². The smallest absolute Gasteiger partial charge is 0.161 e. The molecule has 1 aliphatic rings. The highest BCUT2D eigenvalue weighted by Gasteiger charge is 2.39. The lowest BCUT2D eigenvalue weighted by atomic mass is 9.60. The maximum atomic E-state index is 5.52. The summed E-state index contributed by atoms with van der Waals surface area (Å²) in [7, 11) is 3.41. The fraction of sp³-hybridized carbons (Fsp3) is 0.727. The first kappa shape index (κ1) is 21.0. The van der Waals surface area contributed by atoms with Crippen LogP contribution in [-0.2, 0) is 10.2 Å². The van der Waals surface area contributed by atoms with Crippen molar-refractivity contribution in [2.45, 2.75) is 57.8 Å². The molecule has 26 heavy (non-hydrogen) atoms. The summed E-state index contributed by atoms with van der Waals surface area (Å²) in [6.07, 6.45) is 7.48. The maximum Gasteiger partial charge on any atom is 0.161 e. The highest BCUT2D eigenvalue weighted by molar-refractivity contribution is 5.45. The molecule has 1 aromatic carbocycles. The lowest BCUT2D eigenvalue weighted by Gasteiger charge is -2.44. The summed E-state index contributed by atoms with van der Waals surface area (Å²) in [5.41, 5.74) is 1.74. The SMILES string of the molecule is CCOCCCNCCC(C)CC1(c2ccc(OC)c(OC)c2)CCC1. The van der Waals surface area contributed by atoms with Crippen LogP contribution in [0.2, 0.25) is 0 Å². The van der Waals surface area contributed by atoms with Gasteiger partial charge in [-0.2, -0.15) is 0 Å². The molecule has 0 aliphatic heterocycles. The van der Waals surface area contributed by atoms with E-state index in [2.05, 4.69) is 30.4 Å². The van der Waals surface area contributed by atoms with Gasteiger partial charge in [0, 0.05) is 13.2 Å². The van der Waals surface area contributed by atoms with Crippen molar-refractivity contribution in [3.8, 4) is 11.5 Å². The van der Waals surface area contributed by atoms with Crippen LogP contribution in [-0.4, -0.2) is 40.5 Å². The molecule has 1 N–H and O–H groups in total. The van der Waals surface area contributed by atoms with Crippen molar-refractivity contribution in [3.05, 3.63) is 23.8 Å². The molecular weight excluding hydrogens is 326 g/mol. The van der Waals surface area contributed by atoms with Gasteiger partial charge in [0.1, 0.15) is 0 Å². The fourth-order valence-corrected chi connectivity index (χ4v) is 4.07. The van der Waals surface area contributed by atoms with E-state index in [0.29, 0.717) is 11.3 Å². The molecule has 1 saturated carbocycles. The molecular formula is C22H37NO3.